The Kier molecular flexibility index (Phi) is 2.92. The number of nitrogens with zero attached hydrogens (tertiary/aromatic N) is 4. The van der Waals surface area contributed by atoms with E-state index in [0.717, 1.165) is 18.2 Å². The first-order valence-electron chi connectivity index (χ1n) is 5.23. The molecule has 1 heterocycles. The second-order valence-electron chi connectivity index (χ2n) is 3.90. The lowest BCUT2D eigenvalue weighted by Gasteiger charge is -2.13. The first kappa shape index (κ1) is 12.0. The van der Waals surface area contributed by atoms with Crippen molar-refractivity contribution in [2.45, 2.75) is 13.3 Å². The number of non-ortho nitro benzene ring substituents is 1. The van der Waals surface area contributed by atoms with Crippen LogP contribution in [0.1, 0.15) is 13.3 Å². The van der Waals surface area contributed by atoms with Crippen LogP contribution in [0, 0.1) is 20.2 Å². The molecule has 2 rings (SSSR count). The molecule has 0 spiro atoms. The van der Waals surface area contributed by atoms with Gasteiger partial charge in [-0.3, -0.25) is 25.2 Å². The zero-order valence-electron chi connectivity index (χ0n) is 9.57. The molecular weight excluding hydrogens is 240 g/mol. The molecule has 0 fully saturated rings. The van der Waals surface area contributed by atoms with Gasteiger partial charge in [0.2, 0.25) is 0 Å². The Balaban J connectivity index is 2.47. The van der Waals surface area contributed by atoms with Crippen LogP contribution in [0.2, 0.25) is 0 Å². The fourth-order valence-corrected chi connectivity index (χ4v) is 1.74. The highest BCUT2D eigenvalue weighted by atomic mass is 16.6. The molecule has 8 heteroatoms. The number of rotatable bonds is 3. The highest BCUT2D eigenvalue weighted by molar-refractivity contribution is 5.86. The number of anilines is 1. The van der Waals surface area contributed by atoms with Gasteiger partial charge in [-0.1, -0.05) is 0 Å². The lowest BCUT2D eigenvalue weighted by molar-refractivity contribution is -0.393. The van der Waals surface area contributed by atoms with Gasteiger partial charge in [0.15, 0.2) is 0 Å². The van der Waals surface area contributed by atoms with Gasteiger partial charge in [0.25, 0.3) is 5.69 Å². The lowest BCUT2D eigenvalue weighted by atomic mass is 10.2. The van der Waals surface area contributed by atoms with Gasteiger partial charge in [0.1, 0.15) is 5.69 Å². The summed E-state index contributed by atoms with van der Waals surface area (Å²) in [6, 6.07) is 3.56. The maximum Gasteiger partial charge on any atom is 0.301 e. The Morgan fingerprint density at radius 1 is 1.28 bits per heavy atom. The average molecular weight is 250 g/mol. The van der Waals surface area contributed by atoms with E-state index in [2.05, 4.69) is 5.10 Å². The average Bonchev–Trinajstić information content (AvgIpc) is 2.74. The van der Waals surface area contributed by atoms with Gasteiger partial charge in [-0.05, 0) is 13.0 Å². The smallest absolute Gasteiger partial charge is 0.258 e. The number of nitro benzene ring substituents is 2. The fourth-order valence-electron chi connectivity index (χ4n) is 1.74. The van der Waals surface area contributed by atoms with Crippen LogP contribution in [0.3, 0.4) is 0 Å². The van der Waals surface area contributed by atoms with Crippen molar-refractivity contribution in [3.63, 3.8) is 0 Å². The van der Waals surface area contributed by atoms with Crippen molar-refractivity contribution in [3.8, 4) is 0 Å². The molecule has 1 aromatic rings. The summed E-state index contributed by atoms with van der Waals surface area (Å²) in [5.41, 5.74) is 0.554. The molecule has 0 aliphatic carbocycles. The van der Waals surface area contributed by atoms with E-state index in [1.807, 2.05) is 6.92 Å². The summed E-state index contributed by atoms with van der Waals surface area (Å²) in [4.78, 5) is 20.3. The summed E-state index contributed by atoms with van der Waals surface area (Å²) >= 11 is 0. The van der Waals surface area contributed by atoms with Gasteiger partial charge >= 0.3 is 5.69 Å². The second kappa shape index (κ2) is 4.40. The number of nitro groups is 2. The Morgan fingerprint density at radius 2 is 2.00 bits per heavy atom. The summed E-state index contributed by atoms with van der Waals surface area (Å²) in [7, 11) is 0. The summed E-state index contributed by atoms with van der Waals surface area (Å²) < 4.78 is 0. The van der Waals surface area contributed by atoms with Crippen molar-refractivity contribution < 1.29 is 9.85 Å². The maximum absolute atomic E-state index is 10.9. The standard InChI is InChI=1S/C10H10N4O4/c1-7-4-5-12(11-7)9-3-2-8(13(15)16)6-10(9)14(17)18/h2-3,6H,4-5H2,1H3. The van der Waals surface area contributed by atoms with Crippen molar-refractivity contribution in [1.29, 1.82) is 0 Å². The predicted molar refractivity (Wildman–Crippen MR) is 64.8 cm³/mol. The summed E-state index contributed by atoms with van der Waals surface area (Å²) in [6.07, 6.45) is 0.730. The summed E-state index contributed by atoms with van der Waals surface area (Å²) in [5.74, 6) is 0. The van der Waals surface area contributed by atoms with E-state index in [1.165, 1.54) is 17.1 Å². The first-order valence-corrected chi connectivity index (χ1v) is 5.23. The number of benzene rings is 1. The quantitative estimate of drug-likeness (QED) is 0.603. The summed E-state index contributed by atoms with van der Waals surface area (Å²) in [5, 5.41) is 27.2. The maximum atomic E-state index is 10.9. The molecule has 0 bridgehead atoms. The molecule has 0 aromatic heterocycles. The molecule has 1 aromatic carbocycles. The molecule has 0 amide bonds. The minimum absolute atomic E-state index is 0.280. The van der Waals surface area contributed by atoms with E-state index < -0.39 is 9.85 Å². The van der Waals surface area contributed by atoms with Crippen molar-refractivity contribution >= 4 is 22.8 Å². The number of hydrazone groups is 1. The van der Waals surface area contributed by atoms with Crippen molar-refractivity contribution in [1.82, 2.24) is 0 Å². The molecule has 0 atom stereocenters. The number of hydrogen-bond acceptors (Lipinski definition) is 6. The molecular formula is C10H10N4O4. The van der Waals surface area contributed by atoms with Gasteiger partial charge < -0.3 is 0 Å². The van der Waals surface area contributed by atoms with Crippen molar-refractivity contribution in [2.24, 2.45) is 5.10 Å². The first-order chi connectivity index (χ1) is 8.49. The van der Waals surface area contributed by atoms with E-state index >= 15 is 0 Å². The molecule has 0 radical (unpaired) electrons. The third-order valence-corrected chi connectivity index (χ3v) is 2.62. The van der Waals surface area contributed by atoms with E-state index in [4.69, 9.17) is 0 Å². The molecule has 1 aliphatic rings. The molecule has 0 unspecified atom stereocenters. The SMILES string of the molecule is CC1=NN(c2ccc([N+](=O)[O-])cc2[N+](=O)[O-])CC1. The topological polar surface area (TPSA) is 102 Å². The Hall–Kier alpha value is -2.51. The van der Waals surface area contributed by atoms with E-state index in [1.54, 1.807) is 0 Å². The molecule has 94 valence electrons. The van der Waals surface area contributed by atoms with E-state index in [-0.39, 0.29) is 17.1 Å². The monoisotopic (exact) mass is 250 g/mol. The Bertz CT molecular complexity index is 555. The van der Waals surface area contributed by atoms with Crippen LogP contribution < -0.4 is 5.01 Å². The molecule has 0 saturated carbocycles. The Labute approximate surface area is 102 Å². The number of hydrogen-bond donors (Lipinski definition) is 0. The minimum atomic E-state index is -0.657. The van der Waals surface area contributed by atoms with Gasteiger partial charge in [0, 0.05) is 24.7 Å². The van der Waals surface area contributed by atoms with Crippen molar-refractivity contribution in [3.05, 3.63) is 38.4 Å². The van der Waals surface area contributed by atoms with Gasteiger partial charge in [-0.2, -0.15) is 5.10 Å². The van der Waals surface area contributed by atoms with Gasteiger partial charge in [0.05, 0.1) is 15.9 Å². The van der Waals surface area contributed by atoms with E-state index in [0.29, 0.717) is 6.54 Å². The van der Waals surface area contributed by atoms with Crippen LogP contribution in [0.25, 0.3) is 0 Å². The second-order valence-corrected chi connectivity index (χ2v) is 3.90. The minimum Gasteiger partial charge on any atom is -0.258 e. The fraction of sp³-hybridized carbons (Fsp3) is 0.300. The van der Waals surface area contributed by atoms with Gasteiger partial charge in [-0.25, -0.2) is 0 Å². The molecule has 1 aliphatic heterocycles. The third-order valence-electron chi connectivity index (χ3n) is 2.62. The lowest BCUT2D eigenvalue weighted by Crippen LogP contribution is -2.13. The normalized spacial score (nSPS) is 14.5. The van der Waals surface area contributed by atoms with Gasteiger partial charge in [-0.15, -0.1) is 0 Å². The highest BCUT2D eigenvalue weighted by Gasteiger charge is 2.25. The van der Waals surface area contributed by atoms with Crippen LogP contribution in [-0.4, -0.2) is 22.1 Å². The summed E-state index contributed by atoms with van der Waals surface area (Å²) in [6.45, 7) is 2.38. The molecule has 0 N–H and O–H groups in total. The van der Waals surface area contributed by atoms with E-state index in [9.17, 15) is 20.2 Å². The highest BCUT2D eigenvalue weighted by Crippen LogP contribution is 2.33. The predicted octanol–water partition coefficient (Wildman–Crippen LogP) is 2.09. The molecule has 8 nitrogen and oxygen atoms in total. The Morgan fingerprint density at radius 3 is 2.50 bits per heavy atom. The van der Waals surface area contributed by atoms with Crippen LogP contribution in [0.15, 0.2) is 23.3 Å². The van der Waals surface area contributed by atoms with Crippen LogP contribution in [0.4, 0.5) is 17.1 Å². The van der Waals surface area contributed by atoms with Crippen LogP contribution >= 0.6 is 0 Å². The largest absolute Gasteiger partial charge is 0.301 e. The van der Waals surface area contributed by atoms with Crippen molar-refractivity contribution in [2.75, 3.05) is 11.6 Å². The van der Waals surface area contributed by atoms with Crippen LogP contribution in [0.5, 0.6) is 0 Å². The molecule has 18 heavy (non-hydrogen) atoms. The zero-order valence-corrected chi connectivity index (χ0v) is 9.57. The zero-order chi connectivity index (χ0) is 13.3. The molecule has 0 saturated heterocycles. The third kappa shape index (κ3) is 2.12. The van der Waals surface area contributed by atoms with Crippen LogP contribution in [-0.2, 0) is 0 Å².